The zero-order valence-electron chi connectivity index (χ0n) is 14.3. The SMILES string of the molecule is N[C@H](Cc1ccccc1)C(O)=C1C(=O)OC(CCc2ccccc2)C1=O. The van der Waals surface area contributed by atoms with Crippen molar-refractivity contribution in [3.8, 4) is 0 Å². The van der Waals surface area contributed by atoms with E-state index in [1.54, 1.807) is 0 Å². The Morgan fingerprint density at radius 1 is 1.00 bits per heavy atom. The van der Waals surface area contributed by atoms with Crippen LogP contribution in [0.2, 0.25) is 0 Å². The number of carbonyl (C=O) groups excluding carboxylic acids is 2. The largest absolute Gasteiger partial charge is 0.510 e. The van der Waals surface area contributed by atoms with Crippen molar-refractivity contribution in [1.29, 1.82) is 0 Å². The molecule has 1 aliphatic rings. The molecule has 0 saturated carbocycles. The zero-order valence-corrected chi connectivity index (χ0v) is 14.3. The van der Waals surface area contributed by atoms with Gasteiger partial charge in [0, 0.05) is 0 Å². The van der Waals surface area contributed by atoms with Crippen LogP contribution in [0.25, 0.3) is 0 Å². The van der Waals surface area contributed by atoms with Crippen molar-refractivity contribution < 1.29 is 19.4 Å². The molecular weight excluding hydrogens is 330 g/mol. The predicted molar refractivity (Wildman–Crippen MR) is 97.4 cm³/mol. The van der Waals surface area contributed by atoms with Crippen LogP contribution in [-0.2, 0) is 27.2 Å². The molecule has 26 heavy (non-hydrogen) atoms. The third-order valence-corrected chi connectivity index (χ3v) is 4.44. The quantitative estimate of drug-likeness (QED) is 0.361. The summed E-state index contributed by atoms with van der Waals surface area (Å²) in [5.41, 5.74) is 7.65. The Morgan fingerprint density at radius 3 is 2.19 bits per heavy atom. The number of hydrogen-bond donors (Lipinski definition) is 2. The standard InChI is InChI=1S/C21H21NO4/c22-16(13-15-9-5-2-6-10-15)19(23)18-20(24)17(26-21(18)25)12-11-14-7-3-1-4-8-14/h1-10,16-17,23H,11-13,22H2/t16-,17?/m1/s1. The number of benzene rings is 2. The lowest BCUT2D eigenvalue weighted by atomic mass is 9.98. The Hall–Kier alpha value is -2.92. The van der Waals surface area contributed by atoms with Gasteiger partial charge in [-0.25, -0.2) is 4.79 Å². The first-order chi connectivity index (χ1) is 12.6. The maximum atomic E-state index is 12.5. The molecule has 0 aromatic heterocycles. The molecule has 1 unspecified atom stereocenters. The summed E-state index contributed by atoms with van der Waals surface area (Å²) in [6.45, 7) is 0. The number of ketones is 1. The molecule has 3 rings (SSSR count). The second kappa shape index (κ2) is 7.97. The van der Waals surface area contributed by atoms with Crippen LogP contribution < -0.4 is 5.73 Å². The minimum atomic E-state index is -0.871. The second-order valence-electron chi connectivity index (χ2n) is 6.34. The number of esters is 1. The fourth-order valence-corrected chi connectivity index (χ4v) is 3.02. The van der Waals surface area contributed by atoms with Crippen LogP contribution in [0.1, 0.15) is 17.5 Å². The highest BCUT2D eigenvalue weighted by Crippen LogP contribution is 2.24. The molecule has 1 saturated heterocycles. The normalized spacial score (nSPS) is 20.0. The lowest BCUT2D eigenvalue weighted by molar-refractivity contribution is -0.141. The molecule has 0 spiro atoms. The summed E-state index contributed by atoms with van der Waals surface area (Å²) in [5.74, 6) is -1.69. The van der Waals surface area contributed by atoms with Gasteiger partial charge in [-0.05, 0) is 30.4 Å². The number of nitrogens with two attached hydrogens (primary N) is 1. The molecule has 2 aromatic carbocycles. The van der Waals surface area contributed by atoms with E-state index >= 15 is 0 Å². The zero-order chi connectivity index (χ0) is 18.5. The van der Waals surface area contributed by atoms with Crippen LogP contribution >= 0.6 is 0 Å². The fraction of sp³-hybridized carbons (Fsp3) is 0.238. The number of aliphatic hydroxyl groups excluding tert-OH is 1. The first-order valence-electron chi connectivity index (χ1n) is 8.58. The number of Topliss-reactive ketones (excluding diaryl/α,β-unsaturated/α-hetero) is 1. The Bertz CT molecular complexity index is 814. The van der Waals surface area contributed by atoms with Crippen molar-refractivity contribution in [1.82, 2.24) is 0 Å². The fourth-order valence-electron chi connectivity index (χ4n) is 3.02. The summed E-state index contributed by atoms with van der Waals surface area (Å²) in [4.78, 5) is 24.6. The van der Waals surface area contributed by atoms with E-state index in [1.807, 2.05) is 60.7 Å². The van der Waals surface area contributed by atoms with Gasteiger partial charge in [-0.15, -0.1) is 0 Å². The number of aryl methyl sites for hydroxylation is 1. The number of rotatable bonds is 6. The van der Waals surface area contributed by atoms with Crippen LogP contribution in [0.4, 0.5) is 0 Å². The molecule has 134 valence electrons. The minimum absolute atomic E-state index is 0.313. The third kappa shape index (κ3) is 4.00. The molecule has 0 bridgehead atoms. The summed E-state index contributed by atoms with van der Waals surface area (Å²) in [5, 5.41) is 10.4. The van der Waals surface area contributed by atoms with Gasteiger partial charge >= 0.3 is 5.97 Å². The molecule has 2 atom stereocenters. The number of carbonyl (C=O) groups is 2. The minimum Gasteiger partial charge on any atom is -0.510 e. The van der Waals surface area contributed by atoms with Crippen LogP contribution in [0.3, 0.4) is 0 Å². The van der Waals surface area contributed by atoms with Gasteiger partial charge in [0.15, 0.2) is 6.10 Å². The van der Waals surface area contributed by atoms with Gasteiger partial charge < -0.3 is 15.6 Å². The van der Waals surface area contributed by atoms with E-state index in [-0.39, 0.29) is 5.57 Å². The average Bonchev–Trinajstić information content (AvgIpc) is 2.94. The van der Waals surface area contributed by atoms with Gasteiger partial charge in [-0.1, -0.05) is 60.7 Å². The van der Waals surface area contributed by atoms with Crippen molar-refractivity contribution in [2.75, 3.05) is 0 Å². The lowest BCUT2D eigenvalue weighted by Gasteiger charge is -2.12. The predicted octanol–water partition coefficient (Wildman–Crippen LogP) is 2.50. The van der Waals surface area contributed by atoms with E-state index < -0.39 is 29.7 Å². The molecule has 1 heterocycles. The van der Waals surface area contributed by atoms with Crippen molar-refractivity contribution in [2.24, 2.45) is 5.73 Å². The molecule has 3 N–H and O–H groups in total. The third-order valence-electron chi connectivity index (χ3n) is 4.44. The van der Waals surface area contributed by atoms with Crippen LogP contribution in [-0.4, -0.2) is 29.0 Å². The summed E-state index contributed by atoms with van der Waals surface area (Å²) in [6.07, 6.45) is 0.433. The van der Waals surface area contributed by atoms with Crippen molar-refractivity contribution in [3.05, 3.63) is 83.1 Å². The van der Waals surface area contributed by atoms with Gasteiger partial charge in [0.25, 0.3) is 0 Å². The highest BCUT2D eigenvalue weighted by Gasteiger charge is 2.41. The molecule has 1 fully saturated rings. The number of cyclic esters (lactones) is 1. The second-order valence-corrected chi connectivity index (χ2v) is 6.34. The molecule has 0 aliphatic carbocycles. The summed E-state index contributed by atoms with van der Waals surface area (Å²) in [6, 6.07) is 18.1. The molecule has 5 heteroatoms. The highest BCUT2D eigenvalue weighted by molar-refractivity contribution is 6.23. The van der Waals surface area contributed by atoms with Gasteiger partial charge in [-0.3, -0.25) is 4.79 Å². The summed E-state index contributed by atoms with van der Waals surface area (Å²) in [7, 11) is 0. The van der Waals surface area contributed by atoms with E-state index in [4.69, 9.17) is 10.5 Å². The van der Waals surface area contributed by atoms with Crippen molar-refractivity contribution in [3.63, 3.8) is 0 Å². The van der Waals surface area contributed by atoms with Gasteiger partial charge in [0.2, 0.25) is 5.78 Å². The monoisotopic (exact) mass is 351 g/mol. The first kappa shape index (κ1) is 17.9. The van der Waals surface area contributed by atoms with Crippen LogP contribution in [0, 0.1) is 0 Å². The first-order valence-corrected chi connectivity index (χ1v) is 8.58. The number of ether oxygens (including phenoxy) is 1. The Kier molecular flexibility index (Phi) is 5.49. The van der Waals surface area contributed by atoms with E-state index in [1.165, 1.54) is 0 Å². The van der Waals surface area contributed by atoms with E-state index in [2.05, 4.69) is 0 Å². The Labute approximate surface area is 152 Å². The Morgan fingerprint density at radius 2 is 1.58 bits per heavy atom. The maximum Gasteiger partial charge on any atom is 0.346 e. The van der Waals surface area contributed by atoms with Crippen molar-refractivity contribution >= 4 is 11.8 Å². The molecule has 5 nitrogen and oxygen atoms in total. The molecule has 0 amide bonds. The van der Waals surface area contributed by atoms with E-state index in [0.29, 0.717) is 19.3 Å². The topological polar surface area (TPSA) is 89.6 Å². The lowest BCUT2D eigenvalue weighted by Crippen LogP contribution is -2.29. The Balaban J connectivity index is 1.69. The van der Waals surface area contributed by atoms with Gasteiger partial charge in [0.1, 0.15) is 11.3 Å². The van der Waals surface area contributed by atoms with Crippen LogP contribution in [0.5, 0.6) is 0 Å². The summed E-state index contributed by atoms with van der Waals surface area (Å²) < 4.78 is 5.17. The van der Waals surface area contributed by atoms with Gasteiger partial charge in [0.05, 0.1) is 6.04 Å². The highest BCUT2D eigenvalue weighted by atomic mass is 16.6. The number of hydrogen-bond acceptors (Lipinski definition) is 5. The van der Waals surface area contributed by atoms with Gasteiger partial charge in [-0.2, -0.15) is 0 Å². The molecule has 0 radical (unpaired) electrons. The number of aliphatic hydroxyl groups is 1. The molecule has 1 aliphatic heterocycles. The van der Waals surface area contributed by atoms with Crippen LogP contribution in [0.15, 0.2) is 72.0 Å². The van der Waals surface area contributed by atoms with Crippen molar-refractivity contribution in [2.45, 2.75) is 31.4 Å². The van der Waals surface area contributed by atoms with E-state index in [9.17, 15) is 14.7 Å². The smallest absolute Gasteiger partial charge is 0.346 e. The molecule has 2 aromatic rings. The summed E-state index contributed by atoms with van der Waals surface area (Å²) >= 11 is 0. The molecular formula is C21H21NO4. The maximum absolute atomic E-state index is 12.5. The average molecular weight is 351 g/mol. The van der Waals surface area contributed by atoms with E-state index in [0.717, 1.165) is 11.1 Å².